The summed E-state index contributed by atoms with van der Waals surface area (Å²) in [4.78, 5) is 0. The van der Waals surface area contributed by atoms with Crippen LogP contribution in [0.5, 0.6) is 0 Å². The summed E-state index contributed by atoms with van der Waals surface area (Å²) in [5.74, 6) is 0. The second kappa shape index (κ2) is 6.41. The summed E-state index contributed by atoms with van der Waals surface area (Å²) in [6.07, 6.45) is 14.7. The molecule has 0 spiro atoms. The van der Waals surface area contributed by atoms with E-state index < -0.39 is 0 Å². The van der Waals surface area contributed by atoms with E-state index in [1.54, 1.807) is 6.08 Å². The lowest BCUT2D eigenvalue weighted by molar-refractivity contribution is 1.62. The largest absolute Gasteiger partial charge is 0.0991 e. The van der Waals surface area contributed by atoms with Gasteiger partial charge in [0.25, 0.3) is 0 Å². The molecule has 0 unspecified atom stereocenters. The number of fused-ring (bicyclic) bond motifs is 1. The van der Waals surface area contributed by atoms with Crippen molar-refractivity contribution in [1.82, 2.24) is 0 Å². The Bertz CT molecular complexity index is 607. The van der Waals surface area contributed by atoms with Crippen molar-refractivity contribution in [2.24, 2.45) is 0 Å². The summed E-state index contributed by atoms with van der Waals surface area (Å²) in [5.41, 5.74) is 1.12. The summed E-state index contributed by atoms with van der Waals surface area (Å²) >= 11 is 0. The third-order valence-electron chi connectivity index (χ3n) is 2.59. The van der Waals surface area contributed by atoms with E-state index >= 15 is 0 Å². The van der Waals surface area contributed by atoms with Crippen LogP contribution in [-0.4, -0.2) is 0 Å². The van der Waals surface area contributed by atoms with Crippen LogP contribution in [0.1, 0.15) is 5.56 Å². The van der Waals surface area contributed by atoms with E-state index in [0.29, 0.717) is 0 Å². The van der Waals surface area contributed by atoms with E-state index in [-0.39, 0.29) is 0 Å². The Morgan fingerprint density at radius 2 is 1.61 bits per heavy atom. The van der Waals surface area contributed by atoms with Crippen LogP contribution in [0.25, 0.3) is 10.8 Å². The quantitative estimate of drug-likeness (QED) is 0.660. The average molecular weight is 231 g/mol. The van der Waals surface area contributed by atoms with Crippen LogP contribution in [0.2, 0.25) is 0 Å². The number of hydrogen-bond donors (Lipinski definition) is 0. The van der Waals surface area contributed by atoms with E-state index in [9.17, 15) is 0 Å². The van der Waals surface area contributed by atoms with Gasteiger partial charge in [0.15, 0.2) is 0 Å². The molecule has 0 aliphatic heterocycles. The third-order valence-corrected chi connectivity index (χ3v) is 2.59. The highest BCUT2D eigenvalue weighted by Crippen LogP contribution is 2.18. The molecule has 0 atom stereocenters. The fourth-order valence-electron chi connectivity index (χ4n) is 1.75. The SMILES string of the molecule is C=C/C=C/C=C/C=[C]\c1cccc2ccccc12. The van der Waals surface area contributed by atoms with Gasteiger partial charge in [-0.15, -0.1) is 0 Å². The van der Waals surface area contributed by atoms with E-state index in [1.165, 1.54) is 10.8 Å². The Morgan fingerprint density at radius 3 is 2.50 bits per heavy atom. The zero-order valence-corrected chi connectivity index (χ0v) is 10.2. The Morgan fingerprint density at radius 1 is 0.833 bits per heavy atom. The lowest BCUT2D eigenvalue weighted by atomic mass is 10.0. The van der Waals surface area contributed by atoms with Crippen molar-refractivity contribution in [1.29, 1.82) is 0 Å². The van der Waals surface area contributed by atoms with Gasteiger partial charge in [-0.1, -0.05) is 85.5 Å². The van der Waals surface area contributed by atoms with E-state index in [1.807, 2.05) is 30.4 Å². The minimum atomic E-state index is 1.12. The van der Waals surface area contributed by atoms with Crippen LogP contribution in [0.15, 0.2) is 85.5 Å². The second-order valence-corrected chi connectivity index (χ2v) is 3.84. The van der Waals surface area contributed by atoms with Gasteiger partial charge in [0.2, 0.25) is 0 Å². The molecule has 0 aromatic heterocycles. The molecule has 0 nitrogen and oxygen atoms in total. The van der Waals surface area contributed by atoms with Crippen LogP contribution >= 0.6 is 0 Å². The fraction of sp³-hybridized carbons (Fsp3) is 0. The van der Waals surface area contributed by atoms with E-state index in [0.717, 1.165) is 5.56 Å². The summed E-state index contributed by atoms with van der Waals surface area (Å²) in [6.45, 7) is 3.61. The molecule has 0 amide bonds. The molecule has 0 bridgehead atoms. The van der Waals surface area contributed by atoms with Gasteiger partial charge in [0, 0.05) is 0 Å². The normalized spacial score (nSPS) is 12.0. The number of hydrogen-bond acceptors (Lipinski definition) is 0. The molecule has 0 N–H and O–H groups in total. The Labute approximate surface area is 108 Å². The highest BCUT2D eigenvalue weighted by molar-refractivity contribution is 5.86. The van der Waals surface area contributed by atoms with Crippen molar-refractivity contribution in [3.63, 3.8) is 0 Å². The molecule has 0 heterocycles. The fourth-order valence-corrected chi connectivity index (χ4v) is 1.75. The third kappa shape index (κ3) is 3.08. The number of allylic oxidation sites excluding steroid dienone is 6. The molecule has 2 aromatic carbocycles. The first-order chi connectivity index (χ1) is 8.92. The Balaban J connectivity index is 2.21. The first kappa shape index (κ1) is 12.1. The van der Waals surface area contributed by atoms with Crippen molar-refractivity contribution >= 4 is 10.8 Å². The Hall–Kier alpha value is -2.34. The molecule has 0 aliphatic carbocycles. The molecule has 1 radical (unpaired) electrons. The van der Waals surface area contributed by atoms with Gasteiger partial charge in [-0.3, -0.25) is 0 Å². The first-order valence-electron chi connectivity index (χ1n) is 5.93. The molecular formula is C18H15. The van der Waals surface area contributed by atoms with Crippen LogP contribution in [0.4, 0.5) is 0 Å². The zero-order valence-electron chi connectivity index (χ0n) is 10.2. The predicted octanol–water partition coefficient (Wildman–Crippen LogP) is 4.85. The lowest BCUT2D eigenvalue weighted by Gasteiger charge is -2.00. The molecule has 0 heteroatoms. The molecule has 0 fully saturated rings. The molecule has 2 aromatic rings. The van der Waals surface area contributed by atoms with Gasteiger partial charge in [0.1, 0.15) is 0 Å². The number of rotatable bonds is 4. The van der Waals surface area contributed by atoms with Crippen molar-refractivity contribution < 1.29 is 0 Å². The van der Waals surface area contributed by atoms with E-state index in [4.69, 9.17) is 0 Å². The van der Waals surface area contributed by atoms with Crippen LogP contribution < -0.4 is 0 Å². The molecule has 0 aliphatic rings. The maximum Gasteiger partial charge on any atom is -0.00990 e. The van der Waals surface area contributed by atoms with Crippen LogP contribution in [0.3, 0.4) is 0 Å². The smallest absolute Gasteiger partial charge is 0.00990 e. The van der Waals surface area contributed by atoms with Crippen LogP contribution in [0, 0.1) is 6.08 Å². The average Bonchev–Trinajstić information content (AvgIpc) is 2.43. The summed E-state index contributed by atoms with van der Waals surface area (Å²) < 4.78 is 0. The van der Waals surface area contributed by atoms with Crippen LogP contribution in [-0.2, 0) is 0 Å². The van der Waals surface area contributed by atoms with Crippen molar-refractivity contribution in [2.45, 2.75) is 0 Å². The van der Waals surface area contributed by atoms with Gasteiger partial charge >= 0.3 is 0 Å². The monoisotopic (exact) mass is 231 g/mol. The molecule has 0 saturated heterocycles. The Kier molecular flexibility index (Phi) is 4.32. The maximum atomic E-state index is 3.61. The van der Waals surface area contributed by atoms with E-state index in [2.05, 4.69) is 55.1 Å². The molecule has 2 rings (SSSR count). The summed E-state index contributed by atoms with van der Waals surface area (Å²) in [5, 5.41) is 2.47. The predicted molar refractivity (Wildman–Crippen MR) is 79.3 cm³/mol. The van der Waals surface area contributed by atoms with Gasteiger partial charge in [-0.05, 0) is 22.4 Å². The lowest BCUT2D eigenvalue weighted by Crippen LogP contribution is -1.78. The van der Waals surface area contributed by atoms with Crippen molar-refractivity contribution in [3.05, 3.63) is 97.1 Å². The highest BCUT2D eigenvalue weighted by atomic mass is 14.0. The molecule has 0 saturated carbocycles. The maximum absolute atomic E-state index is 3.61. The highest BCUT2D eigenvalue weighted by Gasteiger charge is 1.95. The van der Waals surface area contributed by atoms with Gasteiger partial charge in [-0.2, -0.15) is 0 Å². The van der Waals surface area contributed by atoms with Crippen molar-refractivity contribution in [3.8, 4) is 0 Å². The van der Waals surface area contributed by atoms with Gasteiger partial charge < -0.3 is 0 Å². The minimum absolute atomic E-state index is 1.12. The molecule has 18 heavy (non-hydrogen) atoms. The first-order valence-corrected chi connectivity index (χ1v) is 5.93. The standard InChI is InChI=1S/C18H15/c1-2-3-4-5-6-7-11-16-13-10-14-17-12-8-9-15-18(16)17/h2-10,12-15H,1H2/b4-3+,6-5+,11-7?. The van der Waals surface area contributed by atoms with Gasteiger partial charge in [0.05, 0.1) is 0 Å². The van der Waals surface area contributed by atoms with Crippen molar-refractivity contribution in [2.75, 3.05) is 0 Å². The number of benzene rings is 2. The van der Waals surface area contributed by atoms with Gasteiger partial charge in [-0.25, -0.2) is 0 Å². The summed E-state index contributed by atoms with van der Waals surface area (Å²) in [7, 11) is 0. The molecular weight excluding hydrogens is 216 g/mol. The zero-order chi connectivity index (χ0) is 12.6. The second-order valence-electron chi connectivity index (χ2n) is 3.84. The summed E-state index contributed by atoms with van der Waals surface area (Å²) in [6, 6.07) is 14.6. The molecule has 87 valence electrons. The topological polar surface area (TPSA) is 0 Å². The minimum Gasteiger partial charge on any atom is -0.0991 e.